The Morgan fingerprint density at radius 3 is 2.77 bits per heavy atom. The number of nitrogens with zero attached hydrogens (tertiary/aromatic N) is 1. The van der Waals surface area contributed by atoms with Crippen LogP contribution in [-0.2, 0) is 6.54 Å². The molecular weight excluding hydrogens is 344 g/mol. The number of ether oxygens (including phenoxy) is 1. The molecule has 0 spiro atoms. The molecule has 0 saturated carbocycles. The zero-order valence-electron chi connectivity index (χ0n) is 14.3. The molecule has 0 bridgehead atoms. The summed E-state index contributed by atoms with van der Waals surface area (Å²) in [4.78, 5) is 5.24. The summed E-state index contributed by atoms with van der Waals surface area (Å²) >= 11 is 1.76. The van der Waals surface area contributed by atoms with E-state index in [9.17, 15) is 0 Å². The van der Waals surface area contributed by atoms with Gasteiger partial charge in [0.05, 0.1) is 18.9 Å². The Morgan fingerprint density at radius 2 is 2.00 bits per heavy atom. The molecule has 0 radical (unpaired) electrons. The molecule has 0 unspecified atom stereocenters. The van der Waals surface area contributed by atoms with Crippen LogP contribution >= 0.6 is 11.3 Å². The molecule has 0 amide bonds. The van der Waals surface area contributed by atoms with Gasteiger partial charge < -0.3 is 14.5 Å². The minimum absolute atomic E-state index is 0.693. The molecule has 4 aromatic rings. The van der Waals surface area contributed by atoms with Crippen LogP contribution in [0, 0.1) is 0 Å². The summed E-state index contributed by atoms with van der Waals surface area (Å²) in [5.41, 5.74) is 4.39. The third-order valence-corrected chi connectivity index (χ3v) is 5.14. The van der Waals surface area contributed by atoms with E-state index in [1.54, 1.807) is 24.6 Å². The molecule has 2 heterocycles. The zero-order chi connectivity index (χ0) is 17.8. The number of rotatable bonds is 6. The van der Waals surface area contributed by atoms with Crippen molar-refractivity contribution < 1.29 is 9.15 Å². The number of oxazole rings is 1. The van der Waals surface area contributed by atoms with Gasteiger partial charge in [0.1, 0.15) is 5.75 Å². The normalized spacial score (nSPS) is 10.7. The van der Waals surface area contributed by atoms with E-state index < -0.39 is 0 Å². The molecule has 1 N–H and O–H groups in total. The number of hydrogen-bond acceptors (Lipinski definition) is 5. The van der Waals surface area contributed by atoms with Crippen molar-refractivity contribution in [2.24, 2.45) is 0 Å². The van der Waals surface area contributed by atoms with E-state index >= 15 is 0 Å². The first-order chi connectivity index (χ1) is 12.8. The van der Waals surface area contributed by atoms with Gasteiger partial charge in [-0.1, -0.05) is 30.3 Å². The van der Waals surface area contributed by atoms with Crippen molar-refractivity contribution in [2.45, 2.75) is 6.54 Å². The first-order valence-corrected chi connectivity index (χ1v) is 9.15. The van der Waals surface area contributed by atoms with Crippen molar-refractivity contribution in [3.8, 4) is 27.5 Å². The fraction of sp³-hybridized carbons (Fsp3) is 0.0952. The summed E-state index contributed by atoms with van der Waals surface area (Å²) in [6.45, 7) is 0.758. The second-order valence-corrected chi connectivity index (χ2v) is 6.73. The lowest BCUT2D eigenvalue weighted by molar-refractivity contribution is 0.415. The SMILES string of the molecule is COc1cc(NCc2csc(-c3ccccc3)c2)ccc1-c1cnco1. The van der Waals surface area contributed by atoms with Crippen LogP contribution in [0.3, 0.4) is 0 Å². The Balaban J connectivity index is 1.48. The molecule has 2 aromatic carbocycles. The van der Waals surface area contributed by atoms with Crippen LogP contribution in [0.4, 0.5) is 5.69 Å². The van der Waals surface area contributed by atoms with E-state index in [0.717, 1.165) is 23.5 Å². The average molecular weight is 362 g/mol. The highest BCUT2D eigenvalue weighted by Crippen LogP contribution is 2.33. The molecule has 5 heteroatoms. The van der Waals surface area contributed by atoms with E-state index in [1.807, 2.05) is 24.3 Å². The number of methoxy groups -OCH3 is 1. The molecule has 0 atom stereocenters. The minimum atomic E-state index is 0.693. The van der Waals surface area contributed by atoms with E-state index in [2.05, 4.69) is 46.0 Å². The average Bonchev–Trinajstić information content (AvgIpc) is 3.39. The summed E-state index contributed by atoms with van der Waals surface area (Å²) in [5.74, 6) is 1.45. The Kier molecular flexibility index (Phi) is 4.71. The van der Waals surface area contributed by atoms with Gasteiger partial charge in [0.2, 0.25) is 0 Å². The summed E-state index contributed by atoms with van der Waals surface area (Å²) in [7, 11) is 1.66. The highest BCUT2D eigenvalue weighted by atomic mass is 32.1. The lowest BCUT2D eigenvalue weighted by Crippen LogP contribution is -1.99. The van der Waals surface area contributed by atoms with Gasteiger partial charge in [-0.3, -0.25) is 0 Å². The number of anilines is 1. The van der Waals surface area contributed by atoms with E-state index in [-0.39, 0.29) is 0 Å². The highest BCUT2D eigenvalue weighted by Gasteiger charge is 2.10. The van der Waals surface area contributed by atoms with Crippen molar-refractivity contribution in [2.75, 3.05) is 12.4 Å². The van der Waals surface area contributed by atoms with E-state index in [1.165, 1.54) is 22.4 Å². The van der Waals surface area contributed by atoms with Crippen molar-refractivity contribution in [3.63, 3.8) is 0 Å². The third-order valence-electron chi connectivity index (χ3n) is 4.11. The second-order valence-electron chi connectivity index (χ2n) is 5.82. The predicted octanol–water partition coefficient (Wildman–Crippen LogP) is 5.69. The van der Waals surface area contributed by atoms with Gasteiger partial charge in [0, 0.05) is 23.2 Å². The molecule has 2 aromatic heterocycles. The molecular formula is C21H18N2O2S. The van der Waals surface area contributed by atoms with Crippen molar-refractivity contribution in [1.82, 2.24) is 4.98 Å². The van der Waals surface area contributed by atoms with Crippen LogP contribution in [0.1, 0.15) is 5.56 Å². The van der Waals surface area contributed by atoms with E-state index in [0.29, 0.717) is 5.76 Å². The molecule has 0 aliphatic heterocycles. The highest BCUT2D eigenvalue weighted by molar-refractivity contribution is 7.13. The summed E-state index contributed by atoms with van der Waals surface area (Å²) in [5, 5.41) is 5.64. The van der Waals surface area contributed by atoms with Gasteiger partial charge in [-0.05, 0) is 34.7 Å². The number of benzene rings is 2. The van der Waals surface area contributed by atoms with Crippen molar-refractivity contribution in [1.29, 1.82) is 0 Å². The van der Waals surface area contributed by atoms with Crippen LogP contribution in [0.15, 0.2) is 77.0 Å². The molecule has 4 rings (SSSR count). The summed E-state index contributed by atoms with van der Waals surface area (Å²) in [6.07, 6.45) is 3.10. The molecule has 26 heavy (non-hydrogen) atoms. The second kappa shape index (κ2) is 7.45. The van der Waals surface area contributed by atoms with E-state index in [4.69, 9.17) is 9.15 Å². The zero-order valence-corrected chi connectivity index (χ0v) is 15.1. The number of hydrogen-bond donors (Lipinski definition) is 1. The third kappa shape index (κ3) is 3.48. The fourth-order valence-electron chi connectivity index (χ4n) is 2.78. The maximum Gasteiger partial charge on any atom is 0.181 e. The van der Waals surface area contributed by atoms with Crippen LogP contribution < -0.4 is 10.1 Å². The standard InChI is InChI=1S/C21H18N2O2S/c1-24-19-10-17(7-8-18(19)20-12-22-14-25-20)23-11-15-9-21(26-13-15)16-5-3-2-4-6-16/h2-10,12-14,23H,11H2,1H3. The number of thiophene rings is 1. The quantitative estimate of drug-likeness (QED) is 0.478. The lowest BCUT2D eigenvalue weighted by atomic mass is 10.1. The first-order valence-electron chi connectivity index (χ1n) is 8.27. The van der Waals surface area contributed by atoms with Crippen molar-refractivity contribution >= 4 is 17.0 Å². The topological polar surface area (TPSA) is 47.3 Å². The molecule has 0 fully saturated rings. The van der Waals surface area contributed by atoms with Crippen LogP contribution in [0.2, 0.25) is 0 Å². The molecule has 0 aliphatic rings. The molecule has 0 aliphatic carbocycles. The minimum Gasteiger partial charge on any atom is -0.496 e. The van der Waals surface area contributed by atoms with Gasteiger partial charge in [-0.15, -0.1) is 11.3 Å². The van der Waals surface area contributed by atoms with Crippen LogP contribution in [-0.4, -0.2) is 12.1 Å². The van der Waals surface area contributed by atoms with Gasteiger partial charge in [0.15, 0.2) is 12.2 Å². The van der Waals surface area contributed by atoms with Gasteiger partial charge in [-0.2, -0.15) is 0 Å². The number of aromatic nitrogens is 1. The van der Waals surface area contributed by atoms with Gasteiger partial charge in [-0.25, -0.2) is 4.98 Å². The maximum absolute atomic E-state index is 5.50. The van der Waals surface area contributed by atoms with Gasteiger partial charge >= 0.3 is 0 Å². The van der Waals surface area contributed by atoms with Gasteiger partial charge in [0.25, 0.3) is 0 Å². The largest absolute Gasteiger partial charge is 0.496 e. The Labute approximate surface area is 156 Å². The molecule has 130 valence electrons. The Morgan fingerprint density at radius 1 is 1.12 bits per heavy atom. The molecule has 4 nitrogen and oxygen atoms in total. The lowest BCUT2D eigenvalue weighted by Gasteiger charge is -2.10. The molecule has 0 saturated heterocycles. The van der Waals surface area contributed by atoms with Crippen LogP contribution in [0.25, 0.3) is 21.8 Å². The summed E-state index contributed by atoms with van der Waals surface area (Å²) < 4.78 is 10.9. The number of nitrogens with one attached hydrogen (secondary N) is 1. The summed E-state index contributed by atoms with van der Waals surface area (Å²) in [6, 6.07) is 18.6. The first kappa shape index (κ1) is 16.4. The van der Waals surface area contributed by atoms with Crippen molar-refractivity contribution in [3.05, 3.63) is 78.1 Å². The fourth-order valence-corrected chi connectivity index (χ4v) is 3.70. The maximum atomic E-state index is 5.50. The smallest absolute Gasteiger partial charge is 0.181 e. The Bertz CT molecular complexity index is 978. The monoisotopic (exact) mass is 362 g/mol. The van der Waals surface area contributed by atoms with Crippen LogP contribution in [0.5, 0.6) is 5.75 Å². The Hall–Kier alpha value is -3.05. The predicted molar refractivity (Wildman–Crippen MR) is 106 cm³/mol.